The zero-order chi connectivity index (χ0) is 20.9. The monoisotopic (exact) mass is 409 g/mol. The quantitative estimate of drug-likeness (QED) is 0.443. The van der Waals surface area contributed by atoms with E-state index in [1.54, 1.807) is 29.2 Å². The van der Waals surface area contributed by atoms with Gasteiger partial charge in [-0.05, 0) is 47.5 Å². The molecule has 0 radical (unpaired) electrons. The number of rotatable bonds is 3. The van der Waals surface area contributed by atoms with Crippen LogP contribution in [-0.2, 0) is 7.05 Å². The van der Waals surface area contributed by atoms with Crippen molar-refractivity contribution in [1.82, 2.24) is 34.9 Å². The summed E-state index contributed by atoms with van der Waals surface area (Å²) < 4.78 is 15.1. The lowest BCUT2D eigenvalue weighted by Crippen LogP contribution is -1.86. The van der Waals surface area contributed by atoms with E-state index >= 15 is 0 Å². The Morgan fingerprint density at radius 2 is 1.87 bits per heavy atom. The first-order valence-electron chi connectivity index (χ1n) is 9.74. The van der Waals surface area contributed by atoms with Crippen LogP contribution in [0.2, 0.25) is 0 Å². The van der Waals surface area contributed by atoms with Crippen LogP contribution < -0.4 is 0 Å². The molecule has 0 spiro atoms. The zero-order valence-electron chi connectivity index (χ0n) is 16.5. The average Bonchev–Trinajstić information content (AvgIpc) is 3.51. The lowest BCUT2D eigenvalue weighted by Gasteiger charge is -2.02. The standard InChI is InChI=1S/C23H16FN7/c1-31-12-14(11-26-31)18-6-7-19-21(27-18)22(30-29-19)20-10-17-16(8-9-25-23(17)28-20)13-2-4-15(24)5-3-13/h2-12H,1H3,(H,25,28)(H,29,30). The molecule has 7 nitrogen and oxygen atoms in total. The van der Waals surface area contributed by atoms with E-state index in [-0.39, 0.29) is 5.82 Å². The Balaban J connectivity index is 1.50. The van der Waals surface area contributed by atoms with Crippen LogP contribution in [0.5, 0.6) is 0 Å². The van der Waals surface area contributed by atoms with Crippen LogP contribution in [0.1, 0.15) is 0 Å². The highest BCUT2D eigenvalue weighted by molar-refractivity contribution is 5.99. The Morgan fingerprint density at radius 1 is 1.00 bits per heavy atom. The first kappa shape index (κ1) is 17.5. The van der Waals surface area contributed by atoms with Gasteiger partial charge in [-0.25, -0.2) is 14.4 Å². The maximum atomic E-state index is 13.4. The molecule has 0 aliphatic heterocycles. The highest BCUT2D eigenvalue weighted by Gasteiger charge is 2.16. The number of hydrogen-bond donors (Lipinski definition) is 2. The predicted molar refractivity (Wildman–Crippen MR) is 117 cm³/mol. The molecule has 2 N–H and O–H groups in total. The number of benzene rings is 1. The van der Waals surface area contributed by atoms with Gasteiger partial charge >= 0.3 is 0 Å². The minimum Gasteiger partial charge on any atom is -0.338 e. The molecule has 1 aromatic carbocycles. The zero-order valence-corrected chi connectivity index (χ0v) is 16.5. The fourth-order valence-electron chi connectivity index (χ4n) is 3.84. The first-order valence-corrected chi connectivity index (χ1v) is 9.74. The number of pyridine rings is 2. The third kappa shape index (κ3) is 2.88. The lowest BCUT2D eigenvalue weighted by atomic mass is 10.0. The highest BCUT2D eigenvalue weighted by atomic mass is 19.1. The summed E-state index contributed by atoms with van der Waals surface area (Å²) in [7, 11) is 1.88. The van der Waals surface area contributed by atoms with Crippen LogP contribution in [0.4, 0.5) is 4.39 Å². The molecule has 0 saturated heterocycles. The molecule has 0 atom stereocenters. The molecule has 150 valence electrons. The molecule has 6 aromatic rings. The van der Waals surface area contributed by atoms with Gasteiger partial charge in [-0.1, -0.05) is 12.1 Å². The number of aromatic amines is 2. The van der Waals surface area contributed by atoms with Crippen molar-refractivity contribution in [2.75, 3.05) is 0 Å². The van der Waals surface area contributed by atoms with Gasteiger partial charge in [0.15, 0.2) is 0 Å². The minimum atomic E-state index is -0.262. The van der Waals surface area contributed by atoms with Gasteiger partial charge in [0, 0.05) is 30.4 Å². The second kappa shape index (κ2) is 6.60. The molecule has 0 aliphatic rings. The van der Waals surface area contributed by atoms with Crippen LogP contribution in [0.3, 0.4) is 0 Å². The normalized spacial score (nSPS) is 11.5. The Kier molecular flexibility index (Phi) is 3.73. The van der Waals surface area contributed by atoms with Crippen molar-refractivity contribution in [3.63, 3.8) is 0 Å². The Hall–Kier alpha value is -4.33. The van der Waals surface area contributed by atoms with Gasteiger partial charge < -0.3 is 4.98 Å². The second-order valence-corrected chi connectivity index (χ2v) is 7.38. The molecule has 0 unspecified atom stereocenters. The molecule has 5 heterocycles. The summed E-state index contributed by atoms with van der Waals surface area (Å²) in [6, 6.07) is 14.3. The van der Waals surface area contributed by atoms with Gasteiger partial charge in [-0.2, -0.15) is 10.2 Å². The third-order valence-corrected chi connectivity index (χ3v) is 5.35. The summed E-state index contributed by atoms with van der Waals surface area (Å²) in [5, 5.41) is 12.7. The molecule has 0 fully saturated rings. The maximum Gasteiger partial charge on any atom is 0.138 e. The largest absolute Gasteiger partial charge is 0.338 e. The highest BCUT2D eigenvalue weighted by Crippen LogP contribution is 2.33. The summed E-state index contributed by atoms with van der Waals surface area (Å²) in [5.74, 6) is -0.262. The van der Waals surface area contributed by atoms with E-state index in [1.807, 2.05) is 37.5 Å². The number of aryl methyl sites for hydroxylation is 1. The molecule has 31 heavy (non-hydrogen) atoms. The molecule has 0 aliphatic carbocycles. The third-order valence-electron chi connectivity index (χ3n) is 5.35. The number of nitrogens with zero attached hydrogens (tertiary/aromatic N) is 5. The van der Waals surface area contributed by atoms with E-state index in [9.17, 15) is 4.39 Å². The van der Waals surface area contributed by atoms with E-state index in [4.69, 9.17) is 4.98 Å². The maximum absolute atomic E-state index is 13.4. The van der Waals surface area contributed by atoms with Gasteiger partial charge in [0.1, 0.15) is 22.7 Å². The molecule has 0 amide bonds. The number of nitrogens with one attached hydrogen (secondary N) is 2. The van der Waals surface area contributed by atoms with Crippen molar-refractivity contribution in [2.24, 2.45) is 7.05 Å². The summed E-state index contributed by atoms with van der Waals surface area (Å²) in [4.78, 5) is 12.6. The molecule has 5 aromatic heterocycles. The molecule has 6 rings (SSSR count). The summed E-state index contributed by atoms with van der Waals surface area (Å²) >= 11 is 0. The van der Waals surface area contributed by atoms with E-state index in [1.165, 1.54) is 12.1 Å². The fourth-order valence-corrected chi connectivity index (χ4v) is 3.84. The second-order valence-electron chi connectivity index (χ2n) is 7.38. The van der Waals surface area contributed by atoms with E-state index in [2.05, 4.69) is 25.3 Å². The van der Waals surface area contributed by atoms with Crippen LogP contribution in [-0.4, -0.2) is 34.9 Å². The Morgan fingerprint density at radius 3 is 2.68 bits per heavy atom. The molecule has 0 bridgehead atoms. The van der Waals surface area contributed by atoms with Crippen molar-refractivity contribution in [3.8, 4) is 33.8 Å². The molecular weight excluding hydrogens is 393 g/mol. The van der Waals surface area contributed by atoms with Crippen LogP contribution in [0, 0.1) is 5.82 Å². The molecule has 8 heteroatoms. The summed E-state index contributed by atoms with van der Waals surface area (Å²) in [5.41, 5.74) is 7.50. The van der Waals surface area contributed by atoms with Gasteiger partial charge in [-0.3, -0.25) is 9.78 Å². The van der Waals surface area contributed by atoms with E-state index in [0.29, 0.717) is 5.69 Å². The molecular formula is C23H16FN7. The van der Waals surface area contributed by atoms with E-state index in [0.717, 1.165) is 50.1 Å². The number of hydrogen-bond acceptors (Lipinski definition) is 4. The van der Waals surface area contributed by atoms with Crippen molar-refractivity contribution in [3.05, 3.63) is 72.9 Å². The van der Waals surface area contributed by atoms with Crippen molar-refractivity contribution in [2.45, 2.75) is 0 Å². The van der Waals surface area contributed by atoms with Crippen LogP contribution in [0.15, 0.2) is 67.1 Å². The van der Waals surface area contributed by atoms with Gasteiger partial charge in [0.25, 0.3) is 0 Å². The van der Waals surface area contributed by atoms with Gasteiger partial charge in [-0.15, -0.1) is 0 Å². The topological polar surface area (TPSA) is 88.1 Å². The lowest BCUT2D eigenvalue weighted by molar-refractivity contribution is 0.628. The summed E-state index contributed by atoms with van der Waals surface area (Å²) in [6.45, 7) is 0. The van der Waals surface area contributed by atoms with Gasteiger partial charge in [0.05, 0.1) is 23.1 Å². The Labute approximate surface area is 175 Å². The number of halogens is 1. The fraction of sp³-hybridized carbons (Fsp3) is 0.0435. The van der Waals surface area contributed by atoms with Crippen molar-refractivity contribution >= 4 is 22.1 Å². The Bertz CT molecular complexity index is 1560. The van der Waals surface area contributed by atoms with E-state index < -0.39 is 0 Å². The number of fused-ring (bicyclic) bond motifs is 2. The smallest absolute Gasteiger partial charge is 0.138 e. The summed E-state index contributed by atoms with van der Waals surface area (Å²) in [6.07, 6.45) is 5.45. The number of H-pyrrole nitrogens is 2. The SMILES string of the molecule is Cn1cc(-c2ccc3[nH]nc(-c4cc5c(-c6ccc(F)cc6)ccnc5[nH]4)c3n2)cn1. The number of aromatic nitrogens is 7. The molecule has 0 saturated carbocycles. The van der Waals surface area contributed by atoms with Crippen molar-refractivity contribution in [1.29, 1.82) is 0 Å². The van der Waals surface area contributed by atoms with Gasteiger partial charge in [0.2, 0.25) is 0 Å². The van der Waals surface area contributed by atoms with Crippen molar-refractivity contribution < 1.29 is 4.39 Å². The first-order chi connectivity index (χ1) is 15.2. The van der Waals surface area contributed by atoms with Crippen LogP contribution in [0.25, 0.3) is 55.8 Å². The predicted octanol–water partition coefficient (Wildman–Crippen LogP) is 4.71. The average molecular weight is 409 g/mol. The van der Waals surface area contributed by atoms with Crippen LogP contribution >= 0.6 is 0 Å². The minimum absolute atomic E-state index is 0.262.